The molecule has 1 aliphatic rings. The Labute approximate surface area is 185 Å². The lowest BCUT2D eigenvalue weighted by Gasteiger charge is -2.12. The first kappa shape index (κ1) is 20.0. The summed E-state index contributed by atoms with van der Waals surface area (Å²) in [5, 5.41) is 3.00. The molecular weight excluding hydrogens is 402 g/mol. The van der Waals surface area contributed by atoms with Gasteiger partial charge < -0.3 is 14.2 Å². The number of aromatic nitrogens is 2. The van der Waals surface area contributed by atoms with Crippen LogP contribution in [0.5, 0.6) is 0 Å². The van der Waals surface area contributed by atoms with Crippen molar-refractivity contribution in [2.75, 3.05) is 6.54 Å². The van der Waals surface area contributed by atoms with Gasteiger partial charge in [-0.05, 0) is 61.2 Å². The van der Waals surface area contributed by atoms with Gasteiger partial charge in [-0.15, -0.1) is 0 Å². The summed E-state index contributed by atoms with van der Waals surface area (Å²) in [6.45, 7) is 2.78. The molecule has 0 saturated heterocycles. The van der Waals surface area contributed by atoms with Crippen LogP contribution in [0.1, 0.15) is 30.1 Å². The van der Waals surface area contributed by atoms with Gasteiger partial charge >= 0.3 is 0 Å². The van der Waals surface area contributed by atoms with E-state index in [0.717, 1.165) is 12.8 Å². The quantitative estimate of drug-likeness (QED) is 0.423. The minimum absolute atomic E-state index is 0.128. The lowest BCUT2D eigenvalue weighted by atomic mass is 9.97. The maximum atomic E-state index is 12.7. The average Bonchev–Trinajstić information content (AvgIpc) is 3.53. The zero-order valence-corrected chi connectivity index (χ0v) is 17.7. The van der Waals surface area contributed by atoms with E-state index in [2.05, 4.69) is 30.5 Å². The maximum Gasteiger partial charge on any atom is 0.251 e. The number of hydrogen-bond donors (Lipinski definition) is 1. The predicted octanol–water partition coefficient (Wildman–Crippen LogP) is 5.79. The highest BCUT2D eigenvalue weighted by molar-refractivity contribution is 5.97. The number of nitrogens with zero attached hydrogens (tertiary/aromatic N) is 2. The predicted molar refractivity (Wildman–Crippen MR) is 123 cm³/mol. The van der Waals surface area contributed by atoms with Crippen molar-refractivity contribution in [1.82, 2.24) is 15.3 Å². The van der Waals surface area contributed by atoms with Crippen molar-refractivity contribution in [2.45, 2.75) is 19.8 Å². The second-order valence-corrected chi connectivity index (χ2v) is 7.94. The highest BCUT2D eigenvalue weighted by atomic mass is 16.3. The molecule has 0 radical (unpaired) electrons. The molecule has 0 spiro atoms. The van der Waals surface area contributed by atoms with E-state index >= 15 is 0 Å². The molecule has 0 bridgehead atoms. The molecule has 32 heavy (non-hydrogen) atoms. The Morgan fingerprint density at radius 1 is 1.03 bits per heavy atom. The van der Waals surface area contributed by atoms with E-state index in [1.165, 1.54) is 5.57 Å². The number of carbonyl (C=O) groups excluding carboxylic acids is 1. The van der Waals surface area contributed by atoms with Gasteiger partial charge in [-0.2, -0.15) is 0 Å². The molecule has 1 amide bonds. The van der Waals surface area contributed by atoms with Crippen molar-refractivity contribution < 1.29 is 13.6 Å². The van der Waals surface area contributed by atoms with E-state index in [-0.39, 0.29) is 5.91 Å². The molecule has 1 N–H and O–H groups in total. The number of rotatable bonds is 6. The third kappa shape index (κ3) is 4.12. The maximum absolute atomic E-state index is 12.7. The van der Waals surface area contributed by atoms with Crippen LogP contribution in [0.25, 0.3) is 33.9 Å². The largest absolute Gasteiger partial charge is 0.463 e. The van der Waals surface area contributed by atoms with Crippen molar-refractivity contribution in [3.8, 4) is 22.9 Å². The molecule has 6 nitrogen and oxygen atoms in total. The van der Waals surface area contributed by atoms with E-state index in [1.807, 2.05) is 18.2 Å². The van der Waals surface area contributed by atoms with Crippen LogP contribution in [0.3, 0.4) is 0 Å². The zero-order valence-electron chi connectivity index (χ0n) is 17.7. The number of furan rings is 2. The summed E-state index contributed by atoms with van der Waals surface area (Å²) in [7, 11) is 0. The fourth-order valence-electron chi connectivity index (χ4n) is 3.75. The molecular formula is C26H23N3O3. The Hall–Kier alpha value is -3.93. The highest BCUT2D eigenvalue weighted by Crippen LogP contribution is 2.31. The molecule has 1 atom stereocenters. The van der Waals surface area contributed by atoms with Gasteiger partial charge in [-0.1, -0.05) is 30.7 Å². The Balaban J connectivity index is 1.39. The van der Waals surface area contributed by atoms with Gasteiger partial charge in [0.05, 0.1) is 23.6 Å². The Bertz CT molecular complexity index is 1300. The lowest BCUT2D eigenvalue weighted by Crippen LogP contribution is -2.24. The van der Waals surface area contributed by atoms with E-state index in [9.17, 15) is 4.79 Å². The average molecular weight is 425 g/mol. The number of amides is 1. The standard InChI is InChI=1S/C26H23N3O3/c1-17-6-8-18(9-7-17)12-13-27-26(30)19-10-11-20-21(16-19)29-25(23-5-3-15-32-23)24(28-20)22-4-2-14-31-22/h2-6,8-11,14-17H,7,12-13H2,1H3,(H,27,30). The van der Waals surface area contributed by atoms with Crippen LogP contribution >= 0.6 is 0 Å². The van der Waals surface area contributed by atoms with Crippen molar-refractivity contribution in [1.29, 1.82) is 0 Å². The number of hydrogen-bond acceptors (Lipinski definition) is 5. The topological polar surface area (TPSA) is 81.2 Å². The molecule has 160 valence electrons. The summed E-state index contributed by atoms with van der Waals surface area (Å²) >= 11 is 0. The number of carbonyl (C=O) groups is 1. The second kappa shape index (κ2) is 8.67. The van der Waals surface area contributed by atoms with Gasteiger partial charge in [0.1, 0.15) is 11.4 Å². The minimum atomic E-state index is -0.128. The number of nitrogens with one attached hydrogen (secondary N) is 1. The zero-order chi connectivity index (χ0) is 21.9. The van der Waals surface area contributed by atoms with Gasteiger partial charge in [0.15, 0.2) is 11.5 Å². The molecule has 1 aromatic carbocycles. The number of allylic oxidation sites excluding steroid dienone is 3. The monoisotopic (exact) mass is 425 g/mol. The minimum Gasteiger partial charge on any atom is -0.463 e. The van der Waals surface area contributed by atoms with Crippen LogP contribution in [0.15, 0.2) is 87.6 Å². The Kier molecular flexibility index (Phi) is 5.42. The first-order valence-corrected chi connectivity index (χ1v) is 10.7. The highest BCUT2D eigenvalue weighted by Gasteiger charge is 2.18. The van der Waals surface area contributed by atoms with E-state index in [1.54, 1.807) is 36.8 Å². The van der Waals surface area contributed by atoms with Crippen LogP contribution in [0, 0.1) is 5.92 Å². The van der Waals surface area contributed by atoms with Crippen molar-refractivity contribution in [3.05, 3.63) is 84.4 Å². The molecule has 3 heterocycles. The van der Waals surface area contributed by atoms with Gasteiger partial charge in [0.25, 0.3) is 5.91 Å². The first-order chi connectivity index (χ1) is 15.7. The first-order valence-electron chi connectivity index (χ1n) is 10.7. The molecule has 4 aromatic rings. The van der Waals surface area contributed by atoms with E-state index < -0.39 is 0 Å². The van der Waals surface area contributed by atoms with Gasteiger partial charge in [-0.3, -0.25) is 4.79 Å². The SMILES string of the molecule is CC1C=CC(CCNC(=O)c2ccc3nc(-c4ccco4)c(-c4ccco4)nc3c2)=CC1. The summed E-state index contributed by atoms with van der Waals surface area (Å²) in [6, 6.07) is 12.6. The summed E-state index contributed by atoms with van der Waals surface area (Å²) < 4.78 is 11.1. The second-order valence-electron chi connectivity index (χ2n) is 7.94. The molecule has 3 aromatic heterocycles. The third-order valence-electron chi connectivity index (χ3n) is 5.53. The summed E-state index contributed by atoms with van der Waals surface area (Å²) in [6.07, 6.45) is 11.7. The Morgan fingerprint density at radius 3 is 2.38 bits per heavy atom. The smallest absolute Gasteiger partial charge is 0.251 e. The summed E-state index contributed by atoms with van der Waals surface area (Å²) in [5.74, 6) is 1.65. The van der Waals surface area contributed by atoms with Gasteiger partial charge in [0.2, 0.25) is 0 Å². The molecule has 1 aliphatic carbocycles. The molecule has 0 fully saturated rings. The third-order valence-corrected chi connectivity index (χ3v) is 5.53. The molecule has 0 aliphatic heterocycles. The summed E-state index contributed by atoms with van der Waals surface area (Å²) in [5.41, 5.74) is 4.27. The van der Waals surface area contributed by atoms with Gasteiger partial charge in [0, 0.05) is 12.1 Å². The molecule has 0 saturated carbocycles. The van der Waals surface area contributed by atoms with Crippen LogP contribution in [0.4, 0.5) is 0 Å². The van der Waals surface area contributed by atoms with E-state index in [4.69, 9.17) is 18.8 Å². The fourth-order valence-corrected chi connectivity index (χ4v) is 3.75. The molecule has 6 heteroatoms. The molecule has 1 unspecified atom stereocenters. The number of benzene rings is 1. The molecule has 5 rings (SSSR count). The van der Waals surface area contributed by atoms with Crippen LogP contribution in [0.2, 0.25) is 0 Å². The number of fused-ring (bicyclic) bond motifs is 1. The van der Waals surface area contributed by atoms with Crippen LogP contribution < -0.4 is 5.32 Å². The lowest BCUT2D eigenvalue weighted by molar-refractivity contribution is 0.0954. The van der Waals surface area contributed by atoms with Crippen LogP contribution in [-0.4, -0.2) is 22.4 Å². The van der Waals surface area contributed by atoms with Crippen molar-refractivity contribution in [2.24, 2.45) is 5.92 Å². The van der Waals surface area contributed by atoms with Crippen molar-refractivity contribution >= 4 is 16.9 Å². The van der Waals surface area contributed by atoms with Gasteiger partial charge in [-0.25, -0.2) is 9.97 Å². The normalized spacial score (nSPS) is 15.7. The Morgan fingerprint density at radius 2 is 1.75 bits per heavy atom. The van der Waals surface area contributed by atoms with E-state index in [0.29, 0.717) is 52.0 Å². The van der Waals surface area contributed by atoms with Crippen molar-refractivity contribution in [3.63, 3.8) is 0 Å². The fraction of sp³-hybridized carbons (Fsp3) is 0.192. The van der Waals surface area contributed by atoms with Crippen LogP contribution in [-0.2, 0) is 0 Å². The summed E-state index contributed by atoms with van der Waals surface area (Å²) in [4.78, 5) is 22.2.